The zero-order valence-electron chi connectivity index (χ0n) is 11.9. The van der Waals surface area contributed by atoms with Crippen LogP contribution in [-0.4, -0.2) is 64.3 Å². The van der Waals surface area contributed by atoms with Crippen LogP contribution in [0.2, 0.25) is 0 Å². The Hall–Kier alpha value is -1.59. The van der Waals surface area contributed by atoms with Gasteiger partial charge in [-0.25, -0.2) is 4.79 Å². The van der Waals surface area contributed by atoms with Crippen molar-refractivity contribution in [2.24, 2.45) is 0 Å². The molecular weight excluding hydrogens is 258 g/mol. The summed E-state index contributed by atoms with van der Waals surface area (Å²) in [6.07, 6.45) is 5.10. The fourth-order valence-corrected chi connectivity index (χ4v) is 3.08. The van der Waals surface area contributed by atoms with Crippen molar-refractivity contribution in [3.8, 4) is 0 Å². The summed E-state index contributed by atoms with van der Waals surface area (Å²) in [6, 6.07) is 0.152. The van der Waals surface area contributed by atoms with Gasteiger partial charge in [0.15, 0.2) is 0 Å². The smallest absolute Gasteiger partial charge is 0.327 e. The van der Waals surface area contributed by atoms with Crippen LogP contribution in [0.3, 0.4) is 0 Å². The van der Waals surface area contributed by atoms with Gasteiger partial charge < -0.3 is 9.80 Å². The van der Waals surface area contributed by atoms with Crippen LogP contribution in [0.4, 0.5) is 4.79 Å². The molecule has 0 radical (unpaired) electrons. The standard InChI is InChI=1S/C14H21N3O3/c1-10-4-2-3-7-15(10)12(18)9-17-13(19)8-16(14(17)20)11-5-6-11/h10-11H,2-9H2,1H3. The first-order valence-electron chi connectivity index (χ1n) is 7.48. The molecule has 20 heavy (non-hydrogen) atoms. The van der Waals surface area contributed by atoms with Crippen molar-refractivity contribution >= 4 is 17.8 Å². The average Bonchev–Trinajstić information content (AvgIpc) is 3.22. The molecule has 0 bridgehead atoms. The van der Waals surface area contributed by atoms with Gasteiger partial charge in [-0.3, -0.25) is 14.5 Å². The number of likely N-dealkylation sites (tertiary alicyclic amines) is 1. The highest BCUT2D eigenvalue weighted by Crippen LogP contribution is 2.30. The number of carbonyl (C=O) groups is 3. The lowest BCUT2D eigenvalue weighted by atomic mass is 10.0. The van der Waals surface area contributed by atoms with Gasteiger partial charge in [0.2, 0.25) is 5.91 Å². The second kappa shape index (κ2) is 5.07. The van der Waals surface area contributed by atoms with Gasteiger partial charge in [0.25, 0.3) is 5.91 Å². The molecule has 1 atom stereocenters. The Morgan fingerprint density at radius 1 is 1.20 bits per heavy atom. The number of carbonyl (C=O) groups excluding carboxylic acids is 3. The summed E-state index contributed by atoms with van der Waals surface area (Å²) in [6.45, 7) is 2.82. The minimum atomic E-state index is -0.282. The number of nitrogens with zero attached hydrogens (tertiary/aromatic N) is 3. The average molecular weight is 279 g/mol. The third kappa shape index (κ3) is 2.39. The topological polar surface area (TPSA) is 60.9 Å². The molecule has 110 valence electrons. The van der Waals surface area contributed by atoms with Crippen molar-refractivity contribution in [3.05, 3.63) is 0 Å². The zero-order chi connectivity index (χ0) is 14.3. The van der Waals surface area contributed by atoms with Crippen molar-refractivity contribution in [1.29, 1.82) is 0 Å². The van der Waals surface area contributed by atoms with E-state index in [-0.39, 0.29) is 43.0 Å². The minimum Gasteiger partial charge on any atom is -0.338 e. The molecule has 1 unspecified atom stereocenters. The van der Waals surface area contributed by atoms with E-state index in [1.165, 1.54) is 0 Å². The molecule has 0 aromatic heterocycles. The number of amides is 4. The number of urea groups is 1. The maximum Gasteiger partial charge on any atom is 0.327 e. The lowest BCUT2D eigenvalue weighted by Gasteiger charge is -2.34. The summed E-state index contributed by atoms with van der Waals surface area (Å²) in [5.41, 5.74) is 0. The Kier molecular flexibility index (Phi) is 3.40. The van der Waals surface area contributed by atoms with Crippen LogP contribution in [0.5, 0.6) is 0 Å². The van der Waals surface area contributed by atoms with E-state index >= 15 is 0 Å². The summed E-state index contributed by atoms with van der Waals surface area (Å²) < 4.78 is 0. The molecule has 3 aliphatic rings. The second-order valence-electron chi connectivity index (χ2n) is 6.05. The second-order valence-corrected chi connectivity index (χ2v) is 6.05. The molecule has 2 saturated heterocycles. The Bertz CT molecular complexity index is 447. The van der Waals surface area contributed by atoms with E-state index in [2.05, 4.69) is 0 Å². The molecule has 6 nitrogen and oxygen atoms in total. The van der Waals surface area contributed by atoms with E-state index in [4.69, 9.17) is 0 Å². The third-order valence-electron chi connectivity index (χ3n) is 4.49. The summed E-state index contributed by atoms with van der Waals surface area (Å²) in [7, 11) is 0. The fraction of sp³-hybridized carbons (Fsp3) is 0.786. The number of imide groups is 1. The van der Waals surface area contributed by atoms with Gasteiger partial charge in [-0.1, -0.05) is 0 Å². The van der Waals surface area contributed by atoms with Crippen LogP contribution in [0.1, 0.15) is 39.0 Å². The van der Waals surface area contributed by atoms with Gasteiger partial charge in [0.05, 0.1) is 0 Å². The lowest BCUT2D eigenvalue weighted by molar-refractivity contribution is -0.138. The van der Waals surface area contributed by atoms with E-state index in [0.717, 1.165) is 43.5 Å². The molecule has 1 saturated carbocycles. The first-order chi connectivity index (χ1) is 9.58. The Labute approximate surface area is 118 Å². The van der Waals surface area contributed by atoms with Gasteiger partial charge in [-0.2, -0.15) is 0 Å². The lowest BCUT2D eigenvalue weighted by Crippen LogP contribution is -2.48. The predicted octanol–water partition coefficient (Wildman–Crippen LogP) is 0.814. The molecular formula is C14H21N3O3. The molecule has 3 fully saturated rings. The quantitative estimate of drug-likeness (QED) is 0.718. The number of hydrogen-bond acceptors (Lipinski definition) is 3. The molecule has 2 heterocycles. The normalized spacial score (nSPS) is 27.4. The Balaban J connectivity index is 1.63. The molecule has 3 rings (SSSR count). The first kappa shape index (κ1) is 13.4. The number of piperidine rings is 1. The highest BCUT2D eigenvalue weighted by atomic mass is 16.2. The van der Waals surface area contributed by atoms with Gasteiger partial charge in [0, 0.05) is 18.6 Å². The fourth-order valence-electron chi connectivity index (χ4n) is 3.08. The van der Waals surface area contributed by atoms with Gasteiger partial charge >= 0.3 is 6.03 Å². The number of rotatable bonds is 3. The van der Waals surface area contributed by atoms with Gasteiger partial charge in [0.1, 0.15) is 13.1 Å². The first-order valence-corrected chi connectivity index (χ1v) is 7.48. The maximum absolute atomic E-state index is 12.3. The van der Waals surface area contributed by atoms with Crippen molar-refractivity contribution in [2.75, 3.05) is 19.6 Å². The number of hydrogen-bond donors (Lipinski definition) is 0. The van der Waals surface area contributed by atoms with E-state index < -0.39 is 0 Å². The summed E-state index contributed by atoms with van der Waals surface area (Å²) in [5, 5.41) is 0. The Morgan fingerprint density at radius 3 is 2.60 bits per heavy atom. The molecule has 0 aromatic carbocycles. The van der Waals surface area contributed by atoms with Crippen LogP contribution in [-0.2, 0) is 9.59 Å². The van der Waals surface area contributed by atoms with Crippen molar-refractivity contribution in [1.82, 2.24) is 14.7 Å². The summed E-state index contributed by atoms with van der Waals surface area (Å²) in [4.78, 5) is 40.9. The van der Waals surface area contributed by atoms with Crippen molar-refractivity contribution in [3.63, 3.8) is 0 Å². The van der Waals surface area contributed by atoms with Crippen LogP contribution in [0.15, 0.2) is 0 Å². The SMILES string of the molecule is CC1CCCCN1C(=O)CN1C(=O)CN(C2CC2)C1=O. The molecule has 6 heteroatoms. The molecule has 0 aromatic rings. The third-order valence-corrected chi connectivity index (χ3v) is 4.49. The largest absolute Gasteiger partial charge is 0.338 e. The summed E-state index contributed by atoms with van der Waals surface area (Å²) in [5.74, 6) is -0.337. The highest BCUT2D eigenvalue weighted by Gasteiger charge is 2.44. The highest BCUT2D eigenvalue weighted by molar-refractivity contribution is 6.04. The van der Waals surface area contributed by atoms with E-state index in [1.54, 1.807) is 4.90 Å². The maximum atomic E-state index is 12.3. The van der Waals surface area contributed by atoms with Crippen LogP contribution in [0, 0.1) is 0 Å². The summed E-state index contributed by atoms with van der Waals surface area (Å²) >= 11 is 0. The monoisotopic (exact) mass is 279 g/mol. The van der Waals surface area contributed by atoms with E-state index in [9.17, 15) is 14.4 Å². The van der Waals surface area contributed by atoms with E-state index in [1.807, 2.05) is 11.8 Å². The minimum absolute atomic E-state index is 0.0920. The molecule has 0 N–H and O–H groups in total. The molecule has 4 amide bonds. The molecule has 2 aliphatic heterocycles. The predicted molar refractivity (Wildman–Crippen MR) is 71.9 cm³/mol. The van der Waals surface area contributed by atoms with Crippen LogP contribution in [0.25, 0.3) is 0 Å². The van der Waals surface area contributed by atoms with Crippen LogP contribution >= 0.6 is 0 Å². The van der Waals surface area contributed by atoms with Gasteiger partial charge in [-0.15, -0.1) is 0 Å². The van der Waals surface area contributed by atoms with Crippen molar-refractivity contribution in [2.45, 2.75) is 51.1 Å². The Morgan fingerprint density at radius 2 is 1.95 bits per heavy atom. The van der Waals surface area contributed by atoms with Crippen LogP contribution < -0.4 is 0 Å². The molecule has 1 aliphatic carbocycles. The van der Waals surface area contributed by atoms with Gasteiger partial charge in [-0.05, 0) is 39.0 Å². The molecule has 0 spiro atoms. The van der Waals surface area contributed by atoms with E-state index in [0.29, 0.717) is 0 Å². The zero-order valence-corrected chi connectivity index (χ0v) is 11.9. The van der Waals surface area contributed by atoms with Crippen molar-refractivity contribution < 1.29 is 14.4 Å².